The van der Waals surface area contributed by atoms with Gasteiger partial charge in [0.25, 0.3) is 0 Å². The minimum Gasteiger partial charge on any atom is -0.494 e. The summed E-state index contributed by atoms with van der Waals surface area (Å²) in [4.78, 5) is 20.3. The van der Waals surface area contributed by atoms with E-state index in [2.05, 4.69) is 9.97 Å². The van der Waals surface area contributed by atoms with Gasteiger partial charge in [0.15, 0.2) is 24.0 Å². The van der Waals surface area contributed by atoms with Crippen molar-refractivity contribution in [1.82, 2.24) is 9.97 Å². The number of benzene rings is 2. The Bertz CT molecular complexity index is 966. The second-order valence-corrected chi connectivity index (χ2v) is 5.87. The van der Waals surface area contributed by atoms with Gasteiger partial charge in [0.2, 0.25) is 5.88 Å². The Morgan fingerprint density at radius 2 is 2.00 bits per heavy atom. The molecular weight excluding hydrogens is 370 g/mol. The van der Waals surface area contributed by atoms with E-state index in [1.54, 1.807) is 12.1 Å². The normalized spacial score (nSPS) is 10.7. The zero-order valence-corrected chi connectivity index (χ0v) is 14.4. The standard InChI is InChI=1S/C17H11Cl2FN2O3/c1-24-15-3-2-9(4-13(15)20)14(23)7-25-17-11-5-10(18)6-12(19)16(11)21-8-22-17/h2-6,8H,7H2,1H3. The number of hydrogen-bond donors (Lipinski definition) is 0. The number of methoxy groups -OCH3 is 1. The van der Waals surface area contributed by atoms with Crippen molar-refractivity contribution in [3.63, 3.8) is 0 Å². The number of rotatable bonds is 5. The Morgan fingerprint density at radius 3 is 2.72 bits per heavy atom. The molecule has 0 bridgehead atoms. The molecule has 0 amide bonds. The zero-order chi connectivity index (χ0) is 18.0. The van der Waals surface area contributed by atoms with Crippen LogP contribution in [0.2, 0.25) is 10.0 Å². The van der Waals surface area contributed by atoms with Crippen LogP contribution in [0.3, 0.4) is 0 Å². The highest BCUT2D eigenvalue weighted by atomic mass is 35.5. The highest BCUT2D eigenvalue weighted by Gasteiger charge is 2.14. The fourth-order valence-electron chi connectivity index (χ4n) is 2.24. The molecular formula is C17H11Cl2FN2O3. The van der Waals surface area contributed by atoms with Crippen LogP contribution < -0.4 is 9.47 Å². The summed E-state index contributed by atoms with van der Waals surface area (Å²) in [6, 6.07) is 7.07. The molecule has 0 atom stereocenters. The molecule has 0 fully saturated rings. The van der Waals surface area contributed by atoms with E-state index in [4.69, 9.17) is 32.7 Å². The third-order valence-corrected chi connectivity index (χ3v) is 3.94. The number of aromatic nitrogens is 2. The Hall–Kier alpha value is -2.44. The number of carbonyl (C=O) groups is 1. The highest BCUT2D eigenvalue weighted by molar-refractivity contribution is 6.38. The van der Waals surface area contributed by atoms with Crippen LogP contribution >= 0.6 is 23.2 Å². The lowest BCUT2D eigenvalue weighted by atomic mass is 10.1. The molecule has 0 aliphatic carbocycles. The van der Waals surface area contributed by atoms with Gasteiger partial charge in [-0.1, -0.05) is 23.2 Å². The summed E-state index contributed by atoms with van der Waals surface area (Å²) >= 11 is 12.1. The molecule has 1 heterocycles. The lowest BCUT2D eigenvalue weighted by Crippen LogP contribution is -2.13. The maximum absolute atomic E-state index is 13.7. The molecule has 0 radical (unpaired) electrons. The average Bonchev–Trinajstić information content (AvgIpc) is 2.59. The van der Waals surface area contributed by atoms with Crippen LogP contribution in [0, 0.1) is 5.82 Å². The van der Waals surface area contributed by atoms with Crippen LogP contribution in [0.15, 0.2) is 36.7 Å². The van der Waals surface area contributed by atoms with Crippen LogP contribution in [0.5, 0.6) is 11.6 Å². The molecule has 8 heteroatoms. The minimum absolute atomic E-state index is 0.0588. The fourth-order valence-corrected chi connectivity index (χ4v) is 2.78. The predicted octanol–water partition coefficient (Wildman–Crippen LogP) is 4.35. The maximum atomic E-state index is 13.7. The van der Waals surface area contributed by atoms with E-state index < -0.39 is 11.6 Å². The number of halogens is 3. The van der Waals surface area contributed by atoms with Crippen molar-refractivity contribution >= 4 is 39.9 Å². The van der Waals surface area contributed by atoms with Crippen molar-refractivity contribution in [3.05, 3.63) is 58.1 Å². The van der Waals surface area contributed by atoms with Gasteiger partial charge >= 0.3 is 0 Å². The summed E-state index contributed by atoms with van der Waals surface area (Å²) < 4.78 is 24.0. The van der Waals surface area contributed by atoms with Gasteiger partial charge in [0.1, 0.15) is 6.33 Å². The molecule has 0 N–H and O–H groups in total. The molecule has 0 spiro atoms. The van der Waals surface area contributed by atoms with Crippen molar-refractivity contribution in [1.29, 1.82) is 0 Å². The van der Waals surface area contributed by atoms with Crippen LogP contribution in [0.25, 0.3) is 10.9 Å². The Morgan fingerprint density at radius 1 is 1.20 bits per heavy atom. The molecule has 0 unspecified atom stereocenters. The van der Waals surface area contributed by atoms with E-state index in [1.807, 2.05) is 0 Å². The number of fused-ring (bicyclic) bond motifs is 1. The average molecular weight is 381 g/mol. The maximum Gasteiger partial charge on any atom is 0.225 e. The van der Waals surface area contributed by atoms with Gasteiger partial charge in [-0.05, 0) is 30.3 Å². The first-order valence-electron chi connectivity index (χ1n) is 7.09. The smallest absolute Gasteiger partial charge is 0.225 e. The van der Waals surface area contributed by atoms with E-state index in [-0.39, 0.29) is 23.8 Å². The predicted molar refractivity (Wildman–Crippen MR) is 92.3 cm³/mol. The molecule has 3 rings (SSSR count). The van der Waals surface area contributed by atoms with Crippen molar-refractivity contribution in [2.45, 2.75) is 0 Å². The Kier molecular flexibility index (Phi) is 5.01. The fraction of sp³-hybridized carbons (Fsp3) is 0.118. The van der Waals surface area contributed by atoms with Crippen LogP contribution in [-0.4, -0.2) is 29.5 Å². The van der Waals surface area contributed by atoms with Gasteiger partial charge in [-0.15, -0.1) is 0 Å². The van der Waals surface area contributed by atoms with Gasteiger partial charge in [0, 0.05) is 10.6 Å². The van der Waals surface area contributed by atoms with E-state index in [9.17, 15) is 9.18 Å². The number of carbonyl (C=O) groups excluding carboxylic acids is 1. The van der Waals surface area contributed by atoms with Crippen LogP contribution in [-0.2, 0) is 0 Å². The number of nitrogens with zero attached hydrogens (tertiary/aromatic N) is 2. The van der Waals surface area contributed by atoms with E-state index in [1.165, 1.54) is 25.6 Å². The first kappa shape index (κ1) is 17.4. The third-order valence-electron chi connectivity index (χ3n) is 3.43. The molecule has 0 aliphatic rings. The Balaban J connectivity index is 1.83. The van der Waals surface area contributed by atoms with Crippen molar-refractivity contribution in [2.24, 2.45) is 0 Å². The molecule has 2 aromatic carbocycles. The summed E-state index contributed by atoms with van der Waals surface area (Å²) in [6.07, 6.45) is 1.27. The number of hydrogen-bond acceptors (Lipinski definition) is 5. The number of ketones is 1. The lowest BCUT2D eigenvalue weighted by Gasteiger charge is -2.09. The van der Waals surface area contributed by atoms with Crippen molar-refractivity contribution in [2.75, 3.05) is 13.7 Å². The molecule has 1 aromatic heterocycles. The van der Waals surface area contributed by atoms with E-state index in [0.29, 0.717) is 20.9 Å². The van der Waals surface area contributed by atoms with Gasteiger partial charge < -0.3 is 9.47 Å². The molecule has 25 heavy (non-hydrogen) atoms. The summed E-state index contributed by atoms with van der Waals surface area (Å²) in [5.74, 6) is -0.818. The third kappa shape index (κ3) is 3.65. The van der Waals surface area contributed by atoms with Gasteiger partial charge in [-0.2, -0.15) is 0 Å². The summed E-state index contributed by atoms with van der Waals surface area (Å²) in [5.41, 5.74) is 0.617. The van der Waals surface area contributed by atoms with Gasteiger partial charge in [-0.3, -0.25) is 4.79 Å². The minimum atomic E-state index is -0.626. The first-order valence-corrected chi connectivity index (χ1v) is 7.84. The summed E-state index contributed by atoms with van der Waals surface area (Å²) in [7, 11) is 1.35. The molecule has 0 aliphatic heterocycles. The first-order chi connectivity index (χ1) is 12.0. The van der Waals surface area contributed by atoms with Crippen molar-refractivity contribution in [3.8, 4) is 11.6 Å². The van der Waals surface area contributed by atoms with E-state index in [0.717, 1.165) is 6.07 Å². The number of ether oxygens (including phenoxy) is 2. The van der Waals surface area contributed by atoms with Gasteiger partial charge in [-0.25, -0.2) is 14.4 Å². The monoisotopic (exact) mass is 380 g/mol. The zero-order valence-electron chi connectivity index (χ0n) is 12.9. The molecule has 0 saturated carbocycles. The van der Waals surface area contributed by atoms with Crippen LogP contribution in [0.1, 0.15) is 10.4 Å². The highest BCUT2D eigenvalue weighted by Crippen LogP contribution is 2.30. The molecule has 3 aromatic rings. The topological polar surface area (TPSA) is 61.3 Å². The molecule has 5 nitrogen and oxygen atoms in total. The second kappa shape index (κ2) is 7.21. The van der Waals surface area contributed by atoms with Crippen molar-refractivity contribution < 1.29 is 18.7 Å². The van der Waals surface area contributed by atoms with Gasteiger partial charge in [0.05, 0.1) is 23.0 Å². The molecule has 128 valence electrons. The second-order valence-electron chi connectivity index (χ2n) is 5.02. The van der Waals surface area contributed by atoms with E-state index >= 15 is 0 Å². The summed E-state index contributed by atoms with van der Waals surface area (Å²) in [6.45, 7) is -0.331. The number of Topliss-reactive ketones (excluding diaryl/α,β-unsaturated/α-hetero) is 1. The Labute approximate surface area is 152 Å². The largest absolute Gasteiger partial charge is 0.494 e. The SMILES string of the molecule is COc1ccc(C(=O)COc2ncnc3c(Cl)cc(Cl)cc23)cc1F. The van der Waals surface area contributed by atoms with Crippen LogP contribution in [0.4, 0.5) is 4.39 Å². The lowest BCUT2D eigenvalue weighted by molar-refractivity contribution is 0.0918. The summed E-state index contributed by atoms with van der Waals surface area (Å²) in [5, 5.41) is 1.22. The quantitative estimate of drug-likeness (QED) is 0.615. The molecule has 0 saturated heterocycles.